The Labute approximate surface area is 117 Å². The molecule has 1 aromatic carbocycles. The zero-order valence-corrected chi connectivity index (χ0v) is 11.8. The summed E-state index contributed by atoms with van der Waals surface area (Å²) in [6.07, 6.45) is 1.73. The normalized spacial score (nSPS) is 16.2. The van der Waals surface area contributed by atoms with E-state index in [2.05, 4.69) is 10.0 Å². The van der Waals surface area contributed by atoms with E-state index in [4.69, 9.17) is 5.26 Å². The zero-order chi connectivity index (χ0) is 14.8. The summed E-state index contributed by atoms with van der Waals surface area (Å²) in [6.45, 7) is 1.57. The quantitative estimate of drug-likeness (QED) is 0.837. The first-order chi connectivity index (χ1) is 9.42. The summed E-state index contributed by atoms with van der Waals surface area (Å²) in [5, 5.41) is 11.1. The van der Waals surface area contributed by atoms with Crippen LogP contribution < -0.4 is 10.0 Å². The molecule has 0 aromatic heterocycles. The number of amides is 1. The summed E-state index contributed by atoms with van der Waals surface area (Å²) in [7, 11) is -3.50. The predicted molar refractivity (Wildman–Crippen MR) is 72.3 cm³/mol. The van der Waals surface area contributed by atoms with E-state index in [9.17, 15) is 13.2 Å². The molecule has 2 N–H and O–H groups in total. The van der Waals surface area contributed by atoms with Crippen molar-refractivity contribution < 1.29 is 13.2 Å². The summed E-state index contributed by atoms with van der Waals surface area (Å²) < 4.78 is 26.4. The fraction of sp³-hybridized carbons (Fsp3) is 0.385. The number of carbonyl (C=O) groups is 1. The van der Waals surface area contributed by atoms with Gasteiger partial charge in [0, 0.05) is 11.6 Å². The lowest BCUT2D eigenvalue weighted by Gasteiger charge is -2.08. The molecule has 1 aromatic rings. The SMILES string of the molecule is CC(C#N)NC(=O)c1ccc(S(=O)(=O)NC2CC2)cc1. The Bertz CT molecular complexity index is 642. The summed E-state index contributed by atoms with van der Waals surface area (Å²) in [5.74, 6) is -0.404. The third-order valence-electron chi connectivity index (χ3n) is 2.87. The highest BCUT2D eigenvalue weighted by atomic mass is 32.2. The van der Waals surface area contributed by atoms with Crippen molar-refractivity contribution in [3.05, 3.63) is 29.8 Å². The van der Waals surface area contributed by atoms with Gasteiger partial charge in [-0.1, -0.05) is 0 Å². The van der Waals surface area contributed by atoms with Crippen LogP contribution in [0.5, 0.6) is 0 Å². The summed E-state index contributed by atoms with van der Waals surface area (Å²) in [5.41, 5.74) is 0.317. The molecule has 0 aliphatic heterocycles. The molecule has 0 bridgehead atoms. The highest BCUT2D eigenvalue weighted by molar-refractivity contribution is 7.89. The Morgan fingerprint density at radius 2 is 1.95 bits per heavy atom. The van der Waals surface area contributed by atoms with Crippen LogP contribution in [0.2, 0.25) is 0 Å². The van der Waals surface area contributed by atoms with Gasteiger partial charge in [-0.25, -0.2) is 13.1 Å². The number of benzene rings is 1. The molecule has 1 amide bonds. The van der Waals surface area contributed by atoms with E-state index in [0.717, 1.165) is 12.8 Å². The number of carbonyl (C=O) groups excluding carboxylic acids is 1. The largest absolute Gasteiger partial charge is 0.337 e. The lowest BCUT2D eigenvalue weighted by molar-refractivity contribution is 0.0947. The molecule has 2 rings (SSSR count). The van der Waals surface area contributed by atoms with Crippen LogP contribution in [0.15, 0.2) is 29.2 Å². The van der Waals surface area contributed by atoms with E-state index < -0.39 is 22.0 Å². The van der Waals surface area contributed by atoms with E-state index >= 15 is 0 Å². The molecule has 0 saturated heterocycles. The Morgan fingerprint density at radius 3 is 2.45 bits per heavy atom. The second-order valence-electron chi connectivity index (χ2n) is 4.74. The second-order valence-corrected chi connectivity index (χ2v) is 6.46. The van der Waals surface area contributed by atoms with Gasteiger partial charge in [0.1, 0.15) is 6.04 Å². The summed E-state index contributed by atoms with van der Waals surface area (Å²) in [6, 6.07) is 6.97. The van der Waals surface area contributed by atoms with Gasteiger partial charge in [-0.05, 0) is 44.0 Å². The number of hydrogen-bond donors (Lipinski definition) is 2. The van der Waals surface area contributed by atoms with Crippen LogP contribution in [0.3, 0.4) is 0 Å². The van der Waals surface area contributed by atoms with E-state index in [1.54, 1.807) is 6.92 Å². The zero-order valence-electron chi connectivity index (χ0n) is 11.0. The van der Waals surface area contributed by atoms with Gasteiger partial charge in [0.15, 0.2) is 0 Å². The number of rotatable bonds is 5. The lowest BCUT2D eigenvalue weighted by atomic mass is 10.2. The molecular formula is C13H15N3O3S. The Kier molecular flexibility index (Phi) is 4.06. The molecule has 1 fully saturated rings. The number of nitrogens with zero attached hydrogens (tertiary/aromatic N) is 1. The molecule has 20 heavy (non-hydrogen) atoms. The van der Waals surface area contributed by atoms with Gasteiger partial charge < -0.3 is 5.32 Å². The van der Waals surface area contributed by atoms with Crippen LogP contribution >= 0.6 is 0 Å². The third-order valence-corrected chi connectivity index (χ3v) is 4.40. The van der Waals surface area contributed by atoms with Crippen molar-refractivity contribution in [1.82, 2.24) is 10.0 Å². The molecule has 0 spiro atoms. The van der Waals surface area contributed by atoms with Crippen molar-refractivity contribution in [2.24, 2.45) is 0 Å². The van der Waals surface area contributed by atoms with Crippen molar-refractivity contribution in [1.29, 1.82) is 5.26 Å². The third kappa shape index (κ3) is 3.56. The molecular weight excluding hydrogens is 278 g/mol. The lowest BCUT2D eigenvalue weighted by Crippen LogP contribution is -2.31. The number of hydrogen-bond acceptors (Lipinski definition) is 4. The number of sulfonamides is 1. The molecule has 1 atom stereocenters. The van der Waals surface area contributed by atoms with Crippen molar-refractivity contribution in [2.45, 2.75) is 36.7 Å². The minimum Gasteiger partial charge on any atom is -0.337 e. The average Bonchev–Trinajstić information content (AvgIpc) is 3.22. The molecule has 0 radical (unpaired) electrons. The first kappa shape index (κ1) is 14.5. The molecule has 1 unspecified atom stereocenters. The first-order valence-corrected chi connectivity index (χ1v) is 7.73. The highest BCUT2D eigenvalue weighted by Gasteiger charge is 2.27. The van der Waals surface area contributed by atoms with Crippen LogP contribution in [0.25, 0.3) is 0 Å². The molecule has 0 heterocycles. The topological polar surface area (TPSA) is 99.1 Å². The molecule has 1 saturated carbocycles. The van der Waals surface area contributed by atoms with E-state index in [-0.39, 0.29) is 10.9 Å². The summed E-state index contributed by atoms with van der Waals surface area (Å²) >= 11 is 0. The molecule has 7 heteroatoms. The van der Waals surface area contributed by atoms with E-state index in [1.165, 1.54) is 24.3 Å². The Hall–Kier alpha value is -1.91. The molecule has 1 aliphatic rings. The number of nitriles is 1. The van der Waals surface area contributed by atoms with Crippen molar-refractivity contribution >= 4 is 15.9 Å². The summed E-state index contributed by atoms with van der Waals surface area (Å²) in [4.78, 5) is 11.9. The van der Waals surface area contributed by atoms with Gasteiger partial charge >= 0.3 is 0 Å². The van der Waals surface area contributed by atoms with Gasteiger partial charge in [0.05, 0.1) is 11.0 Å². The maximum Gasteiger partial charge on any atom is 0.252 e. The maximum atomic E-state index is 11.9. The minimum atomic E-state index is -3.50. The minimum absolute atomic E-state index is 0.0412. The predicted octanol–water partition coefficient (Wildman–Crippen LogP) is 0.769. The monoisotopic (exact) mass is 293 g/mol. The van der Waals surface area contributed by atoms with Gasteiger partial charge in [0.2, 0.25) is 10.0 Å². The van der Waals surface area contributed by atoms with Crippen molar-refractivity contribution in [2.75, 3.05) is 0 Å². The smallest absolute Gasteiger partial charge is 0.252 e. The van der Waals surface area contributed by atoms with Crippen LogP contribution in [0.4, 0.5) is 0 Å². The van der Waals surface area contributed by atoms with Gasteiger partial charge in [0.25, 0.3) is 5.91 Å². The maximum absolute atomic E-state index is 11.9. The number of nitrogens with one attached hydrogen (secondary N) is 2. The van der Waals surface area contributed by atoms with Gasteiger partial charge in [-0.2, -0.15) is 5.26 Å². The van der Waals surface area contributed by atoms with Crippen LogP contribution in [-0.4, -0.2) is 26.4 Å². The molecule has 1 aliphatic carbocycles. The molecule has 6 nitrogen and oxygen atoms in total. The standard InChI is InChI=1S/C13H15N3O3S/c1-9(8-14)15-13(17)10-2-6-12(7-3-10)20(18,19)16-11-4-5-11/h2-3,6-7,9,11,16H,4-5H2,1H3,(H,15,17). The fourth-order valence-corrected chi connectivity index (χ4v) is 2.89. The van der Waals surface area contributed by atoms with Crippen LogP contribution in [0.1, 0.15) is 30.1 Å². The van der Waals surface area contributed by atoms with Crippen molar-refractivity contribution in [3.63, 3.8) is 0 Å². The Balaban J connectivity index is 2.09. The first-order valence-electron chi connectivity index (χ1n) is 6.25. The second kappa shape index (κ2) is 5.61. The van der Waals surface area contributed by atoms with Gasteiger partial charge in [-0.15, -0.1) is 0 Å². The van der Waals surface area contributed by atoms with Crippen LogP contribution in [-0.2, 0) is 10.0 Å². The van der Waals surface area contributed by atoms with E-state index in [0.29, 0.717) is 5.56 Å². The van der Waals surface area contributed by atoms with Crippen LogP contribution in [0, 0.1) is 11.3 Å². The van der Waals surface area contributed by atoms with E-state index in [1.807, 2.05) is 6.07 Å². The Morgan fingerprint density at radius 1 is 1.35 bits per heavy atom. The fourth-order valence-electron chi connectivity index (χ4n) is 1.59. The molecule has 106 valence electrons. The highest BCUT2D eigenvalue weighted by Crippen LogP contribution is 2.22. The van der Waals surface area contributed by atoms with Crippen molar-refractivity contribution in [3.8, 4) is 6.07 Å². The van der Waals surface area contributed by atoms with Gasteiger partial charge in [-0.3, -0.25) is 4.79 Å². The average molecular weight is 293 g/mol.